The van der Waals surface area contributed by atoms with E-state index >= 15 is 0 Å². The molecule has 21 nitrogen and oxygen atoms in total. The van der Waals surface area contributed by atoms with E-state index in [4.69, 9.17) is 33.2 Å². The number of nitrogens with one attached hydrogen (secondary N) is 3. The third kappa shape index (κ3) is 16.7. The van der Waals surface area contributed by atoms with E-state index in [2.05, 4.69) is 38.2 Å². The van der Waals surface area contributed by atoms with Crippen LogP contribution in [0.3, 0.4) is 0 Å². The molecule has 3 aromatic carbocycles. The van der Waals surface area contributed by atoms with Crippen molar-refractivity contribution in [1.82, 2.24) is 35.5 Å². The molecule has 434 valence electrons. The first kappa shape index (κ1) is 62.1. The first-order chi connectivity index (χ1) is 38.4. The monoisotopic (exact) mass is 1130 g/mol. The summed E-state index contributed by atoms with van der Waals surface area (Å²) in [6, 6.07) is 14.1. The zero-order valence-corrected chi connectivity index (χ0v) is 48.5. The van der Waals surface area contributed by atoms with Crippen molar-refractivity contribution in [3.8, 4) is 39.1 Å². The van der Waals surface area contributed by atoms with Crippen LogP contribution in [0.2, 0.25) is 0 Å². The minimum absolute atomic E-state index is 0.0265. The molecule has 1 aliphatic rings. The summed E-state index contributed by atoms with van der Waals surface area (Å²) < 4.78 is 41.6. The van der Waals surface area contributed by atoms with Gasteiger partial charge in [0.05, 0.1) is 86.4 Å². The molecule has 0 saturated carbocycles. The lowest BCUT2D eigenvalue weighted by Crippen LogP contribution is -2.58. The number of benzene rings is 3. The van der Waals surface area contributed by atoms with Gasteiger partial charge in [-0.05, 0) is 80.7 Å². The van der Waals surface area contributed by atoms with Gasteiger partial charge in [0.15, 0.2) is 17.2 Å². The molecule has 4 atom stereocenters. The second-order valence-electron chi connectivity index (χ2n) is 20.6. The van der Waals surface area contributed by atoms with Crippen LogP contribution < -0.4 is 34.9 Å². The molecule has 0 bridgehead atoms. The fourth-order valence-corrected chi connectivity index (χ4v) is 9.93. The fourth-order valence-electron chi connectivity index (χ4n) is 9.11. The second-order valence-corrected chi connectivity index (χ2v) is 21.4. The molecule has 1 saturated heterocycles. The zero-order valence-electron chi connectivity index (χ0n) is 47.7. The minimum atomic E-state index is -0.977. The highest BCUT2D eigenvalue weighted by Crippen LogP contribution is 2.38. The van der Waals surface area contributed by atoms with Crippen LogP contribution in [0.15, 0.2) is 60.1 Å². The van der Waals surface area contributed by atoms with Crippen LogP contribution in [0.1, 0.15) is 124 Å². The SMILES string of the molecule is CCC[C@H](CC)Oc1ccc(C(=O)OC)cc1NC(=O)c1nnn(-c2cc(OC)c(OCCCCCCOCCOCC(=O)N[C@H](C(=O)N3C[C@H](O)C[C@H]3C(=O)NCc3ccc(-c4scnc4C)cc3)C(C)(C)C)cc2OC)c1C. The van der Waals surface area contributed by atoms with Gasteiger partial charge in [-0.3, -0.25) is 19.2 Å². The number of likely N-dealkylation sites (tertiary alicyclic amines) is 1. The summed E-state index contributed by atoms with van der Waals surface area (Å²) in [6.45, 7) is 14.5. The highest BCUT2D eigenvalue weighted by atomic mass is 32.1. The summed E-state index contributed by atoms with van der Waals surface area (Å²) in [6.07, 6.45) is 4.92. The highest BCUT2D eigenvalue weighted by molar-refractivity contribution is 7.13. The number of esters is 1. The number of carbonyl (C=O) groups is 5. The lowest BCUT2D eigenvalue weighted by atomic mass is 9.85. The van der Waals surface area contributed by atoms with Gasteiger partial charge in [0, 0.05) is 38.2 Å². The number of amides is 4. The number of nitrogens with zero attached hydrogens (tertiary/aromatic N) is 5. The van der Waals surface area contributed by atoms with Crippen LogP contribution >= 0.6 is 11.3 Å². The Hall–Kier alpha value is -7.14. The van der Waals surface area contributed by atoms with Gasteiger partial charge in [-0.1, -0.05) is 76.9 Å². The van der Waals surface area contributed by atoms with Gasteiger partial charge in [0.2, 0.25) is 17.7 Å². The van der Waals surface area contributed by atoms with Gasteiger partial charge in [0.1, 0.15) is 35.9 Å². The molecule has 22 heteroatoms. The van der Waals surface area contributed by atoms with Crippen molar-refractivity contribution in [3.05, 3.63) is 88.3 Å². The van der Waals surface area contributed by atoms with Crippen molar-refractivity contribution in [1.29, 1.82) is 0 Å². The van der Waals surface area contributed by atoms with E-state index in [0.29, 0.717) is 53.3 Å². The Balaban J connectivity index is 0.897. The predicted octanol–water partition coefficient (Wildman–Crippen LogP) is 7.80. The smallest absolute Gasteiger partial charge is 0.337 e. The van der Waals surface area contributed by atoms with E-state index in [0.717, 1.165) is 66.6 Å². The number of thiazole rings is 1. The van der Waals surface area contributed by atoms with Gasteiger partial charge < -0.3 is 59.1 Å². The van der Waals surface area contributed by atoms with Gasteiger partial charge in [-0.2, -0.15) is 0 Å². The Labute approximate surface area is 472 Å². The summed E-state index contributed by atoms with van der Waals surface area (Å²) in [4.78, 5) is 73.5. The summed E-state index contributed by atoms with van der Waals surface area (Å²) >= 11 is 1.57. The average Bonchev–Trinajstić information content (AvgIpc) is 4.19. The molecule has 4 amide bonds. The van der Waals surface area contributed by atoms with Crippen LogP contribution in [0.5, 0.6) is 23.0 Å². The standard InChI is InChI=1S/C58H78N8O13S/c1-11-17-42(12-2)79-46-23-22-40(57(72)75-10)28-43(46)61-55(70)51-37(4)66(64-63-51)44-30-48(74-9)49(31-47(44)73-8)78-25-16-14-13-15-24-76-26-27-77-34-50(68)62-53(58(5,6)7)56(71)65-33-41(67)29-45(65)54(69)59-32-38-18-20-39(21-19-38)52-36(3)60-35-80-52/h18-23,28,30-31,35,41-42,45,53,67H,11-17,24-27,29,32-34H2,1-10H3,(H,59,69)(H,61,70)(H,62,68)/t41-,42+,45+,53-/m1/s1. The Kier molecular flexibility index (Phi) is 23.2. The molecular weight excluding hydrogens is 1050 g/mol. The molecule has 1 aliphatic heterocycles. The average molecular weight is 1130 g/mol. The van der Waals surface area contributed by atoms with Crippen molar-refractivity contribution in [2.45, 2.75) is 131 Å². The number of carbonyl (C=O) groups excluding carboxylic acids is 5. The number of ether oxygens (including phenoxy) is 7. The number of methoxy groups -OCH3 is 3. The van der Waals surface area contributed by atoms with Crippen LogP contribution in [0.25, 0.3) is 16.1 Å². The number of aliphatic hydroxyl groups is 1. The molecule has 4 N–H and O–H groups in total. The molecule has 3 heterocycles. The quantitative estimate of drug-likeness (QED) is 0.0253. The summed E-state index contributed by atoms with van der Waals surface area (Å²) in [5.41, 5.74) is 5.43. The van der Waals surface area contributed by atoms with Crippen molar-refractivity contribution < 1.29 is 62.2 Å². The molecule has 80 heavy (non-hydrogen) atoms. The zero-order chi connectivity index (χ0) is 57.9. The number of β-amino-alcohol motifs (C(OH)–C–C–N with tert-alkyl or cyclic N) is 1. The molecule has 1 fully saturated rings. The van der Waals surface area contributed by atoms with E-state index in [1.807, 2.05) is 64.4 Å². The van der Waals surface area contributed by atoms with Gasteiger partial charge >= 0.3 is 5.97 Å². The van der Waals surface area contributed by atoms with Crippen molar-refractivity contribution in [2.75, 3.05) is 66.2 Å². The van der Waals surface area contributed by atoms with Crippen molar-refractivity contribution in [3.63, 3.8) is 0 Å². The normalized spacial score (nSPS) is 15.0. The largest absolute Gasteiger partial charge is 0.494 e. The fraction of sp³-hybridized carbons (Fsp3) is 0.517. The van der Waals surface area contributed by atoms with Gasteiger partial charge in [0.25, 0.3) is 5.91 Å². The van der Waals surface area contributed by atoms with Crippen LogP contribution in [0.4, 0.5) is 5.69 Å². The number of hydrogen-bond donors (Lipinski definition) is 4. The Bertz CT molecular complexity index is 2870. The van der Waals surface area contributed by atoms with E-state index in [1.54, 1.807) is 42.5 Å². The maximum Gasteiger partial charge on any atom is 0.337 e. The van der Waals surface area contributed by atoms with Crippen molar-refractivity contribution >= 4 is 46.6 Å². The Morgan fingerprint density at radius 1 is 0.850 bits per heavy atom. The lowest BCUT2D eigenvalue weighted by Gasteiger charge is -2.35. The number of aryl methyl sites for hydroxylation is 1. The first-order valence-corrected chi connectivity index (χ1v) is 28.0. The van der Waals surface area contributed by atoms with Crippen molar-refractivity contribution in [2.24, 2.45) is 5.41 Å². The maximum atomic E-state index is 14.0. The minimum Gasteiger partial charge on any atom is -0.494 e. The topological polar surface area (TPSA) is 253 Å². The highest BCUT2D eigenvalue weighted by Gasteiger charge is 2.44. The predicted molar refractivity (Wildman–Crippen MR) is 302 cm³/mol. The third-order valence-corrected chi connectivity index (χ3v) is 14.5. The van der Waals surface area contributed by atoms with E-state index in [-0.39, 0.29) is 62.6 Å². The molecule has 6 rings (SSSR count). The molecule has 2 aromatic heterocycles. The number of unbranched alkanes of at least 4 members (excludes halogenated alkanes) is 3. The number of anilines is 1. The van der Waals surface area contributed by atoms with Crippen LogP contribution in [-0.4, -0.2) is 145 Å². The van der Waals surface area contributed by atoms with E-state index < -0.39 is 47.3 Å². The Morgan fingerprint density at radius 3 is 2.24 bits per heavy atom. The molecule has 0 unspecified atom stereocenters. The van der Waals surface area contributed by atoms with E-state index in [1.165, 1.54) is 37.0 Å². The molecule has 5 aromatic rings. The lowest BCUT2D eigenvalue weighted by molar-refractivity contribution is -0.144. The third-order valence-electron chi connectivity index (χ3n) is 13.6. The number of hydrogen-bond acceptors (Lipinski definition) is 17. The van der Waals surface area contributed by atoms with Crippen LogP contribution in [0, 0.1) is 19.3 Å². The van der Waals surface area contributed by atoms with Crippen LogP contribution in [-0.2, 0) is 35.1 Å². The molecule has 0 aliphatic carbocycles. The second kappa shape index (κ2) is 29.9. The number of rotatable bonds is 30. The number of aromatic nitrogens is 4. The van der Waals surface area contributed by atoms with E-state index in [9.17, 15) is 29.1 Å². The number of aliphatic hydroxyl groups excluding tert-OH is 1. The Morgan fingerprint density at radius 2 is 1.57 bits per heavy atom. The first-order valence-electron chi connectivity index (χ1n) is 27.1. The molecule has 0 radical (unpaired) electrons. The van der Waals surface area contributed by atoms with Gasteiger partial charge in [-0.25, -0.2) is 14.5 Å². The summed E-state index contributed by atoms with van der Waals surface area (Å²) in [5, 5.41) is 27.7. The summed E-state index contributed by atoms with van der Waals surface area (Å²) in [7, 11) is 4.33. The summed E-state index contributed by atoms with van der Waals surface area (Å²) in [5.74, 6) is -0.735. The molecular formula is C58H78N8O13S. The molecule has 0 spiro atoms. The maximum absolute atomic E-state index is 14.0. The van der Waals surface area contributed by atoms with Gasteiger partial charge in [-0.15, -0.1) is 16.4 Å².